The molecular weight excluding hydrogens is 328 g/mol. The Hall–Kier alpha value is -1.39. The first kappa shape index (κ1) is 14.0. The molecule has 0 amide bonds. The second kappa shape index (κ2) is 5.72. The highest BCUT2D eigenvalue weighted by atomic mass is 79.9. The van der Waals surface area contributed by atoms with E-state index in [4.69, 9.17) is 22.1 Å². The van der Waals surface area contributed by atoms with Gasteiger partial charge in [0, 0.05) is 15.6 Å². The van der Waals surface area contributed by atoms with Gasteiger partial charge in [0.1, 0.15) is 5.75 Å². The van der Waals surface area contributed by atoms with Gasteiger partial charge in [-0.15, -0.1) is 0 Å². The largest absolute Gasteiger partial charge is 0.497 e. The second-order valence-corrected chi connectivity index (χ2v) is 5.42. The topological polar surface area (TPSA) is 47.3 Å². The molecule has 100 valence electrons. The van der Waals surface area contributed by atoms with E-state index < -0.39 is 0 Å². The second-order valence-electron chi connectivity index (χ2n) is 4.16. The van der Waals surface area contributed by atoms with Gasteiger partial charge in [0.2, 0.25) is 0 Å². The zero-order valence-electron chi connectivity index (χ0n) is 10.6. The molecule has 0 aliphatic rings. The number of rotatable bonds is 3. The van der Waals surface area contributed by atoms with E-state index in [2.05, 4.69) is 21.2 Å². The van der Waals surface area contributed by atoms with Crippen molar-refractivity contribution in [2.75, 3.05) is 18.2 Å². The number of anilines is 3. The van der Waals surface area contributed by atoms with Crippen molar-refractivity contribution in [2.45, 2.75) is 6.92 Å². The number of aryl methyl sites for hydroxylation is 1. The standard InChI is InChI=1S/C14H14BrClN2O/c1-8-5-10(15)13(7-11(8)16)18-14-6-9(19-2)3-4-12(14)17/h3-7,18H,17H2,1-2H3. The number of ether oxygens (including phenoxy) is 1. The molecule has 2 aromatic carbocycles. The summed E-state index contributed by atoms with van der Waals surface area (Å²) < 4.78 is 6.11. The monoisotopic (exact) mass is 340 g/mol. The van der Waals surface area contributed by atoms with Crippen LogP contribution in [0, 0.1) is 6.92 Å². The summed E-state index contributed by atoms with van der Waals surface area (Å²) in [6, 6.07) is 9.28. The zero-order chi connectivity index (χ0) is 14.0. The van der Waals surface area contributed by atoms with Crippen LogP contribution in [0.25, 0.3) is 0 Å². The number of hydrogen-bond acceptors (Lipinski definition) is 3. The van der Waals surface area contributed by atoms with E-state index in [1.54, 1.807) is 13.2 Å². The maximum atomic E-state index is 6.13. The molecule has 0 aliphatic carbocycles. The van der Waals surface area contributed by atoms with Crippen molar-refractivity contribution in [2.24, 2.45) is 0 Å². The summed E-state index contributed by atoms with van der Waals surface area (Å²) in [6.45, 7) is 1.96. The van der Waals surface area contributed by atoms with Gasteiger partial charge in [-0.2, -0.15) is 0 Å². The van der Waals surface area contributed by atoms with E-state index in [-0.39, 0.29) is 0 Å². The average molecular weight is 342 g/mol. The Labute approximate surface area is 125 Å². The minimum absolute atomic E-state index is 0.643. The Morgan fingerprint density at radius 3 is 2.63 bits per heavy atom. The predicted molar refractivity (Wildman–Crippen MR) is 84.6 cm³/mol. The van der Waals surface area contributed by atoms with E-state index in [1.165, 1.54) is 0 Å². The lowest BCUT2D eigenvalue weighted by Gasteiger charge is -2.13. The molecule has 0 aliphatic heterocycles. The Balaban J connectivity index is 2.38. The molecule has 0 atom stereocenters. The van der Waals surface area contributed by atoms with Crippen LogP contribution >= 0.6 is 27.5 Å². The quantitative estimate of drug-likeness (QED) is 0.792. The summed E-state index contributed by atoms with van der Waals surface area (Å²) >= 11 is 9.64. The minimum Gasteiger partial charge on any atom is -0.497 e. The first-order valence-corrected chi connectivity index (χ1v) is 6.84. The molecule has 0 bridgehead atoms. The van der Waals surface area contributed by atoms with Gasteiger partial charge in [0.25, 0.3) is 0 Å². The summed E-state index contributed by atoms with van der Waals surface area (Å²) in [5, 5.41) is 3.95. The smallest absolute Gasteiger partial charge is 0.121 e. The maximum absolute atomic E-state index is 6.13. The molecule has 0 saturated heterocycles. The number of nitrogens with one attached hydrogen (secondary N) is 1. The lowest BCUT2D eigenvalue weighted by Crippen LogP contribution is -1.98. The third-order valence-corrected chi connectivity index (χ3v) is 3.84. The summed E-state index contributed by atoms with van der Waals surface area (Å²) in [5.41, 5.74) is 9.23. The highest BCUT2D eigenvalue weighted by Gasteiger charge is 2.07. The van der Waals surface area contributed by atoms with Crippen LogP contribution in [0.1, 0.15) is 5.56 Å². The fourth-order valence-electron chi connectivity index (χ4n) is 1.66. The molecule has 19 heavy (non-hydrogen) atoms. The number of nitrogens with two attached hydrogens (primary N) is 1. The van der Waals surface area contributed by atoms with Crippen LogP contribution in [0.2, 0.25) is 5.02 Å². The Morgan fingerprint density at radius 2 is 1.95 bits per heavy atom. The highest BCUT2D eigenvalue weighted by molar-refractivity contribution is 9.10. The third kappa shape index (κ3) is 3.14. The van der Waals surface area contributed by atoms with Crippen LogP contribution in [-0.2, 0) is 0 Å². The molecule has 3 nitrogen and oxygen atoms in total. The molecule has 0 fully saturated rings. The van der Waals surface area contributed by atoms with Gasteiger partial charge in [0.05, 0.1) is 24.2 Å². The summed E-state index contributed by atoms with van der Waals surface area (Å²) in [6.07, 6.45) is 0. The first-order valence-electron chi connectivity index (χ1n) is 5.67. The van der Waals surface area contributed by atoms with Gasteiger partial charge in [-0.25, -0.2) is 0 Å². The van der Waals surface area contributed by atoms with E-state index in [0.29, 0.717) is 10.7 Å². The van der Waals surface area contributed by atoms with E-state index >= 15 is 0 Å². The van der Waals surface area contributed by atoms with Crippen molar-refractivity contribution in [1.29, 1.82) is 0 Å². The summed E-state index contributed by atoms with van der Waals surface area (Å²) in [5.74, 6) is 0.742. The highest BCUT2D eigenvalue weighted by Crippen LogP contribution is 2.34. The molecule has 2 rings (SSSR count). The number of methoxy groups -OCH3 is 1. The molecule has 2 aromatic rings. The van der Waals surface area contributed by atoms with Gasteiger partial charge in [-0.3, -0.25) is 0 Å². The molecule has 0 saturated carbocycles. The fraction of sp³-hybridized carbons (Fsp3) is 0.143. The summed E-state index contributed by atoms with van der Waals surface area (Å²) in [4.78, 5) is 0. The predicted octanol–water partition coefficient (Wildman–Crippen LogP) is 4.75. The number of halogens is 2. The van der Waals surface area contributed by atoms with Crippen LogP contribution in [0.5, 0.6) is 5.75 Å². The van der Waals surface area contributed by atoms with Crippen LogP contribution < -0.4 is 15.8 Å². The molecule has 0 heterocycles. The molecular formula is C14H14BrClN2O. The Morgan fingerprint density at radius 1 is 1.21 bits per heavy atom. The normalized spacial score (nSPS) is 10.3. The van der Waals surface area contributed by atoms with Gasteiger partial charge in [-0.05, 0) is 52.7 Å². The molecule has 0 unspecified atom stereocenters. The lowest BCUT2D eigenvalue weighted by molar-refractivity contribution is 0.415. The average Bonchev–Trinajstić information content (AvgIpc) is 2.38. The summed E-state index contributed by atoms with van der Waals surface area (Å²) in [7, 11) is 1.62. The van der Waals surface area contributed by atoms with Crippen molar-refractivity contribution in [1.82, 2.24) is 0 Å². The van der Waals surface area contributed by atoms with Crippen LogP contribution in [-0.4, -0.2) is 7.11 Å². The molecule has 0 radical (unpaired) electrons. The van der Waals surface area contributed by atoms with Gasteiger partial charge in [-0.1, -0.05) is 11.6 Å². The maximum Gasteiger partial charge on any atom is 0.121 e. The van der Waals surface area contributed by atoms with Crippen molar-refractivity contribution >= 4 is 44.6 Å². The lowest BCUT2D eigenvalue weighted by atomic mass is 10.2. The third-order valence-electron chi connectivity index (χ3n) is 2.78. The Bertz CT molecular complexity index is 617. The molecule has 3 N–H and O–H groups in total. The van der Waals surface area contributed by atoms with Gasteiger partial charge in [0.15, 0.2) is 0 Å². The van der Waals surface area contributed by atoms with E-state index in [9.17, 15) is 0 Å². The zero-order valence-corrected chi connectivity index (χ0v) is 13.0. The van der Waals surface area contributed by atoms with Crippen LogP contribution in [0.15, 0.2) is 34.8 Å². The number of hydrogen-bond donors (Lipinski definition) is 2. The van der Waals surface area contributed by atoms with Crippen LogP contribution in [0.3, 0.4) is 0 Å². The molecule has 0 spiro atoms. The van der Waals surface area contributed by atoms with E-state index in [1.807, 2.05) is 31.2 Å². The molecule has 0 aromatic heterocycles. The SMILES string of the molecule is COc1ccc(N)c(Nc2cc(Cl)c(C)cc2Br)c1. The number of benzene rings is 2. The van der Waals surface area contributed by atoms with Gasteiger partial charge < -0.3 is 15.8 Å². The first-order chi connectivity index (χ1) is 9.01. The van der Waals surface area contributed by atoms with Crippen LogP contribution in [0.4, 0.5) is 17.1 Å². The van der Waals surface area contributed by atoms with Gasteiger partial charge >= 0.3 is 0 Å². The fourth-order valence-corrected chi connectivity index (χ4v) is 2.38. The van der Waals surface area contributed by atoms with Crippen molar-refractivity contribution < 1.29 is 4.74 Å². The Kier molecular flexibility index (Phi) is 4.22. The molecule has 5 heteroatoms. The number of nitrogen functional groups attached to an aromatic ring is 1. The van der Waals surface area contributed by atoms with E-state index in [0.717, 1.165) is 27.2 Å². The minimum atomic E-state index is 0.643. The van der Waals surface area contributed by atoms with Crippen molar-refractivity contribution in [3.63, 3.8) is 0 Å². The van der Waals surface area contributed by atoms with Crippen molar-refractivity contribution in [3.05, 3.63) is 45.4 Å². The van der Waals surface area contributed by atoms with Crippen molar-refractivity contribution in [3.8, 4) is 5.75 Å².